The van der Waals surface area contributed by atoms with Gasteiger partial charge in [-0.15, -0.1) is 0 Å². The lowest BCUT2D eigenvalue weighted by molar-refractivity contribution is 0.672. The molecular weight excluding hydrogens is 460 g/mol. The van der Waals surface area contributed by atoms with Gasteiger partial charge in [0.15, 0.2) is 0 Å². The van der Waals surface area contributed by atoms with E-state index >= 15 is 0 Å². The molecule has 7 aromatic carbocycles. The topological polar surface area (TPSA) is 13.1 Å². The van der Waals surface area contributed by atoms with Gasteiger partial charge in [0.05, 0.1) is 0 Å². The molecule has 0 spiro atoms. The maximum atomic E-state index is 6.43. The van der Waals surface area contributed by atoms with E-state index in [1.165, 1.54) is 54.7 Å². The third kappa shape index (κ3) is 3.06. The molecule has 8 aromatic rings. The van der Waals surface area contributed by atoms with Crippen molar-refractivity contribution in [3.8, 4) is 22.3 Å². The fourth-order valence-electron chi connectivity index (χ4n) is 6.18. The Bertz CT molecular complexity index is 2180. The summed E-state index contributed by atoms with van der Waals surface area (Å²) in [6, 6.07) is 46.0. The van der Waals surface area contributed by atoms with Crippen LogP contribution in [0.25, 0.3) is 76.5 Å². The van der Waals surface area contributed by atoms with E-state index in [1.54, 1.807) is 0 Å². The summed E-state index contributed by atoms with van der Waals surface area (Å²) in [4.78, 5) is 0. The number of furan rings is 1. The van der Waals surface area contributed by atoms with Crippen molar-refractivity contribution in [2.75, 3.05) is 0 Å². The first kappa shape index (κ1) is 21.2. The van der Waals surface area contributed by atoms with Gasteiger partial charge in [0, 0.05) is 16.2 Å². The second-order valence-electron chi connectivity index (χ2n) is 10.2. The Balaban J connectivity index is 1.50. The SMILES string of the molecule is Cc1ccc2c(-c3ccccc3)c3ccccc3c(-c3ccc4oc5c6ccccc6ccc5c4c3)c2c1. The molecule has 0 aliphatic carbocycles. The molecule has 0 aliphatic rings. The van der Waals surface area contributed by atoms with Crippen molar-refractivity contribution in [1.82, 2.24) is 0 Å². The van der Waals surface area contributed by atoms with Crippen LogP contribution < -0.4 is 0 Å². The first-order valence-corrected chi connectivity index (χ1v) is 13.1. The van der Waals surface area contributed by atoms with Crippen LogP contribution in [-0.4, -0.2) is 0 Å². The third-order valence-electron chi connectivity index (χ3n) is 7.89. The third-order valence-corrected chi connectivity index (χ3v) is 7.89. The number of hydrogen-bond acceptors (Lipinski definition) is 1. The second kappa shape index (κ2) is 8.06. The van der Waals surface area contributed by atoms with Crippen LogP contribution in [0.2, 0.25) is 0 Å². The van der Waals surface area contributed by atoms with Crippen LogP contribution in [0.5, 0.6) is 0 Å². The standard InChI is InChI=1S/C37H24O/c1-23-15-18-30-33(21-23)36(29-14-8-7-13-28(29)35(30)25-10-3-2-4-11-25)26-17-20-34-32(22-26)31-19-16-24-9-5-6-12-27(24)37(31)38-34/h2-22H,1H3. The lowest BCUT2D eigenvalue weighted by atomic mass is 9.85. The predicted octanol–water partition coefficient (Wildman–Crippen LogP) is 10.7. The summed E-state index contributed by atoms with van der Waals surface area (Å²) < 4.78 is 6.43. The van der Waals surface area contributed by atoms with Crippen LogP contribution >= 0.6 is 0 Å². The molecule has 0 amide bonds. The zero-order valence-corrected chi connectivity index (χ0v) is 21.0. The van der Waals surface area contributed by atoms with Gasteiger partial charge >= 0.3 is 0 Å². The highest BCUT2D eigenvalue weighted by Gasteiger charge is 2.18. The van der Waals surface area contributed by atoms with E-state index in [2.05, 4.69) is 134 Å². The minimum atomic E-state index is 0.922. The van der Waals surface area contributed by atoms with Crippen molar-refractivity contribution in [3.63, 3.8) is 0 Å². The fourth-order valence-corrected chi connectivity index (χ4v) is 6.18. The zero-order chi connectivity index (χ0) is 25.2. The lowest BCUT2D eigenvalue weighted by Crippen LogP contribution is -1.91. The Kier molecular flexibility index (Phi) is 4.50. The summed E-state index contributed by atoms with van der Waals surface area (Å²) >= 11 is 0. The minimum Gasteiger partial charge on any atom is -0.455 e. The number of hydrogen-bond donors (Lipinski definition) is 0. The van der Waals surface area contributed by atoms with E-state index in [4.69, 9.17) is 4.42 Å². The molecule has 178 valence electrons. The average Bonchev–Trinajstić information content (AvgIpc) is 3.35. The van der Waals surface area contributed by atoms with E-state index < -0.39 is 0 Å². The van der Waals surface area contributed by atoms with Gasteiger partial charge in [-0.25, -0.2) is 0 Å². The number of fused-ring (bicyclic) bond motifs is 7. The molecule has 1 heteroatoms. The van der Waals surface area contributed by atoms with E-state index in [0.717, 1.165) is 27.3 Å². The zero-order valence-electron chi connectivity index (χ0n) is 21.0. The molecule has 0 N–H and O–H groups in total. The fraction of sp³-hybridized carbons (Fsp3) is 0.0270. The van der Waals surface area contributed by atoms with Crippen LogP contribution in [0.3, 0.4) is 0 Å². The summed E-state index contributed by atoms with van der Waals surface area (Å²) in [5, 5.41) is 9.75. The summed E-state index contributed by atoms with van der Waals surface area (Å²) in [6.07, 6.45) is 0. The molecule has 38 heavy (non-hydrogen) atoms. The van der Waals surface area contributed by atoms with Gasteiger partial charge in [-0.2, -0.15) is 0 Å². The van der Waals surface area contributed by atoms with Crippen molar-refractivity contribution in [2.45, 2.75) is 6.92 Å². The molecule has 1 nitrogen and oxygen atoms in total. The summed E-state index contributed by atoms with van der Waals surface area (Å²) in [5.74, 6) is 0. The van der Waals surface area contributed by atoms with Gasteiger partial charge in [-0.3, -0.25) is 0 Å². The van der Waals surface area contributed by atoms with E-state index in [9.17, 15) is 0 Å². The lowest BCUT2D eigenvalue weighted by Gasteiger charge is -2.18. The van der Waals surface area contributed by atoms with E-state index in [0.29, 0.717) is 0 Å². The normalized spacial score (nSPS) is 11.8. The second-order valence-corrected chi connectivity index (χ2v) is 10.2. The first-order chi connectivity index (χ1) is 18.8. The van der Waals surface area contributed by atoms with Gasteiger partial charge in [0.25, 0.3) is 0 Å². The Morgan fingerprint density at radius 1 is 0.421 bits per heavy atom. The van der Waals surface area contributed by atoms with Crippen molar-refractivity contribution >= 4 is 54.3 Å². The Labute approximate surface area is 220 Å². The van der Waals surface area contributed by atoms with Crippen LogP contribution in [0.15, 0.2) is 132 Å². The first-order valence-electron chi connectivity index (χ1n) is 13.1. The molecular formula is C37H24O. The number of rotatable bonds is 2. The van der Waals surface area contributed by atoms with Crippen LogP contribution in [0.4, 0.5) is 0 Å². The molecule has 0 saturated carbocycles. The van der Waals surface area contributed by atoms with Crippen molar-refractivity contribution in [3.05, 3.63) is 133 Å². The monoisotopic (exact) mass is 484 g/mol. The van der Waals surface area contributed by atoms with Crippen LogP contribution in [-0.2, 0) is 0 Å². The Hall–Kier alpha value is -4.88. The largest absolute Gasteiger partial charge is 0.455 e. The molecule has 0 fully saturated rings. The molecule has 0 aliphatic heterocycles. The maximum Gasteiger partial charge on any atom is 0.143 e. The molecule has 8 rings (SSSR count). The van der Waals surface area contributed by atoms with Crippen molar-refractivity contribution < 1.29 is 4.42 Å². The quantitative estimate of drug-likeness (QED) is 0.222. The molecule has 0 saturated heterocycles. The smallest absolute Gasteiger partial charge is 0.143 e. The molecule has 0 radical (unpaired) electrons. The van der Waals surface area contributed by atoms with Gasteiger partial charge in [-0.1, -0.05) is 115 Å². The van der Waals surface area contributed by atoms with Gasteiger partial charge in [-0.05, 0) is 74.3 Å². The van der Waals surface area contributed by atoms with Gasteiger partial charge in [0.1, 0.15) is 11.2 Å². The van der Waals surface area contributed by atoms with Crippen LogP contribution in [0, 0.1) is 6.92 Å². The predicted molar refractivity (Wildman–Crippen MR) is 162 cm³/mol. The highest BCUT2D eigenvalue weighted by Crippen LogP contribution is 2.45. The Morgan fingerprint density at radius 3 is 1.89 bits per heavy atom. The van der Waals surface area contributed by atoms with Crippen molar-refractivity contribution in [1.29, 1.82) is 0 Å². The minimum absolute atomic E-state index is 0.922. The van der Waals surface area contributed by atoms with Gasteiger partial charge < -0.3 is 4.42 Å². The molecule has 0 atom stereocenters. The highest BCUT2D eigenvalue weighted by molar-refractivity contribution is 6.22. The highest BCUT2D eigenvalue weighted by atomic mass is 16.3. The Morgan fingerprint density at radius 2 is 1.08 bits per heavy atom. The molecule has 1 heterocycles. The number of aryl methyl sites for hydroxylation is 1. The maximum absolute atomic E-state index is 6.43. The van der Waals surface area contributed by atoms with Gasteiger partial charge in [0.2, 0.25) is 0 Å². The summed E-state index contributed by atoms with van der Waals surface area (Å²) in [7, 11) is 0. The van der Waals surface area contributed by atoms with E-state index in [1.807, 2.05) is 0 Å². The van der Waals surface area contributed by atoms with Crippen LogP contribution in [0.1, 0.15) is 5.56 Å². The number of benzene rings is 7. The molecule has 1 aromatic heterocycles. The summed E-state index contributed by atoms with van der Waals surface area (Å²) in [5.41, 5.74) is 8.16. The average molecular weight is 485 g/mol. The molecule has 0 unspecified atom stereocenters. The van der Waals surface area contributed by atoms with E-state index in [-0.39, 0.29) is 0 Å². The van der Waals surface area contributed by atoms with Crippen molar-refractivity contribution in [2.24, 2.45) is 0 Å². The molecule has 0 bridgehead atoms. The summed E-state index contributed by atoms with van der Waals surface area (Å²) in [6.45, 7) is 2.18.